The second-order valence-corrected chi connectivity index (χ2v) is 5.95. The first-order valence-corrected chi connectivity index (χ1v) is 7.13. The molecular formula is C16H22N2O2. The van der Waals surface area contributed by atoms with Gasteiger partial charge in [0.2, 0.25) is 11.8 Å². The zero-order valence-corrected chi connectivity index (χ0v) is 12.0. The van der Waals surface area contributed by atoms with Crippen molar-refractivity contribution in [1.82, 2.24) is 5.32 Å². The third-order valence-corrected chi connectivity index (χ3v) is 3.72. The van der Waals surface area contributed by atoms with E-state index in [4.69, 9.17) is 5.73 Å². The van der Waals surface area contributed by atoms with Gasteiger partial charge < -0.3 is 11.1 Å². The van der Waals surface area contributed by atoms with Crippen LogP contribution >= 0.6 is 0 Å². The summed E-state index contributed by atoms with van der Waals surface area (Å²) in [7, 11) is 0. The van der Waals surface area contributed by atoms with Crippen molar-refractivity contribution in [3.8, 4) is 0 Å². The Bertz CT molecular complexity index is 485. The van der Waals surface area contributed by atoms with E-state index >= 15 is 0 Å². The Morgan fingerprint density at radius 1 is 1.30 bits per heavy atom. The lowest BCUT2D eigenvalue weighted by atomic mass is 10.0. The second-order valence-electron chi connectivity index (χ2n) is 5.95. The average Bonchev–Trinajstić information content (AvgIpc) is 3.18. The number of primary amides is 1. The highest BCUT2D eigenvalue weighted by Gasteiger charge is 2.44. The van der Waals surface area contributed by atoms with E-state index in [0.29, 0.717) is 12.3 Å². The van der Waals surface area contributed by atoms with Crippen LogP contribution in [-0.2, 0) is 9.59 Å². The van der Waals surface area contributed by atoms with Crippen LogP contribution in [0.5, 0.6) is 0 Å². The van der Waals surface area contributed by atoms with Crippen molar-refractivity contribution in [3.05, 3.63) is 35.9 Å². The highest BCUT2D eigenvalue weighted by Crippen LogP contribution is 2.47. The number of nitrogens with two attached hydrogens (primary N) is 1. The molecule has 1 aliphatic carbocycles. The molecule has 1 aliphatic rings. The number of benzene rings is 1. The molecule has 4 heteroatoms. The zero-order valence-electron chi connectivity index (χ0n) is 12.0. The predicted molar refractivity (Wildman–Crippen MR) is 77.9 cm³/mol. The molecule has 0 aliphatic heterocycles. The lowest BCUT2D eigenvalue weighted by Crippen LogP contribution is -2.45. The molecule has 3 atom stereocenters. The van der Waals surface area contributed by atoms with Gasteiger partial charge in [-0.15, -0.1) is 0 Å². The Morgan fingerprint density at radius 3 is 2.50 bits per heavy atom. The quantitative estimate of drug-likeness (QED) is 0.830. The molecule has 1 fully saturated rings. The third kappa shape index (κ3) is 3.59. The summed E-state index contributed by atoms with van der Waals surface area (Å²) in [5.74, 6) is 0.0689. The average molecular weight is 274 g/mol. The van der Waals surface area contributed by atoms with Crippen molar-refractivity contribution in [2.45, 2.75) is 38.6 Å². The van der Waals surface area contributed by atoms with Gasteiger partial charge in [-0.3, -0.25) is 9.59 Å². The van der Waals surface area contributed by atoms with Crippen molar-refractivity contribution < 1.29 is 9.59 Å². The van der Waals surface area contributed by atoms with E-state index in [0.717, 1.165) is 6.42 Å². The molecule has 3 N–H and O–H groups in total. The van der Waals surface area contributed by atoms with Crippen molar-refractivity contribution in [2.24, 2.45) is 17.6 Å². The highest BCUT2D eigenvalue weighted by atomic mass is 16.2. The van der Waals surface area contributed by atoms with Crippen LogP contribution in [0.25, 0.3) is 0 Å². The van der Waals surface area contributed by atoms with Gasteiger partial charge in [-0.2, -0.15) is 0 Å². The number of hydrogen-bond acceptors (Lipinski definition) is 2. The first kappa shape index (κ1) is 14.6. The minimum absolute atomic E-state index is 0.0218. The smallest absolute Gasteiger partial charge is 0.240 e. The Morgan fingerprint density at radius 2 is 1.95 bits per heavy atom. The minimum Gasteiger partial charge on any atom is -0.368 e. The molecule has 0 spiro atoms. The lowest BCUT2D eigenvalue weighted by molar-refractivity contribution is -0.128. The van der Waals surface area contributed by atoms with Crippen LogP contribution in [0.15, 0.2) is 30.3 Å². The number of carbonyl (C=O) groups is 2. The first-order valence-electron chi connectivity index (χ1n) is 7.13. The van der Waals surface area contributed by atoms with Crippen LogP contribution in [-0.4, -0.2) is 17.9 Å². The fourth-order valence-corrected chi connectivity index (χ4v) is 2.55. The van der Waals surface area contributed by atoms with E-state index < -0.39 is 11.9 Å². The molecule has 4 nitrogen and oxygen atoms in total. The standard InChI is InChI=1S/C16H22N2O2/c1-10(2)8-14(15(17)19)18-16(20)13-9-12(13)11-6-4-3-5-7-11/h3-7,10,12-14H,8-9H2,1-2H3,(H2,17,19)(H,18,20). The van der Waals surface area contributed by atoms with Crippen molar-refractivity contribution >= 4 is 11.8 Å². The molecule has 0 radical (unpaired) electrons. The Kier molecular flexibility index (Phi) is 4.42. The van der Waals surface area contributed by atoms with Gasteiger partial charge in [0, 0.05) is 5.92 Å². The molecule has 1 saturated carbocycles. The summed E-state index contributed by atoms with van der Waals surface area (Å²) in [6, 6.07) is 9.45. The zero-order chi connectivity index (χ0) is 14.7. The fourth-order valence-electron chi connectivity index (χ4n) is 2.55. The molecule has 3 unspecified atom stereocenters. The lowest BCUT2D eigenvalue weighted by Gasteiger charge is -2.17. The summed E-state index contributed by atoms with van der Waals surface area (Å²) < 4.78 is 0. The van der Waals surface area contributed by atoms with Gasteiger partial charge in [0.05, 0.1) is 0 Å². The fraction of sp³-hybridized carbons (Fsp3) is 0.500. The number of rotatable bonds is 6. The Balaban J connectivity index is 1.91. The van der Waals surface area contributed by atoms with E-state index in [1.165, 1.54) is 5.56 Å². The Hall–Kier alpha value is -1.84. The molecule has 0 heterocycles. The largest absolute Gasteiger partial charge is 0.368 e. The molecule has 0 bridgehead atoms. The van der Waals surface area contributed by atoms with E-state index in [-0.39, 0.29) is 17.7 Å². The van der Waals surface area contributed by atoms with Crippen LogP contribution in [0.3, 0.4) is 0 Å². The molecule has 2 amide bonds. The van der Waals surface area contributed by atoms with E-state index in [1.54, 1.807) is 0 Å². The summed E-state index contributed by atoms with van der Waals surface area (Å²) in [5.41, 5.74) is 6.53. The topological polar surface area (TPSA) is 72.2 Å². The minimum atomic E-state index is -0.556. The molecule has 1 aromatic carbocycles. The van der Waals surface area contributed by atoms with E-state index in [1.807, 2.05) is 44.2 Å². The van der Waals surface area contributed by atoms with Gasteiger partial charge in [0.1, 0.15) is 6.04 Å². The molecular weight excluding hydrogens is 252 g/mol. The van der Waals surface area contributed by atoms with Crippen LogP contribution in [0.1, 0.15) is 38.2 Å². The summed E-state index contributed by atoms with van der Waals surface area (Å²) in [6.07, 6.45) is 1.44. The SMILES string of the molecule is CC(C)CC(NC(=O)C1CC1c1ccccc1)C(N)=O. The third-order valence-electron chi connectivity index (χ3n) is 3.72. The van der Waals surface area contributed by atoms with E-state index in [2.05, 4.69) is 5.32 Å². The maximum Gasteiger partial charge on any atom is 0.240 e. The summed E-state index contributed by atoms with van der Waals surface area (Å²) >= 11 is 0. The van der Waals surface area contributed by atoms with E-state index in [9.17, 15) is 9.59 Å². The highest BCUT2D eigenvalue weighted by molar-refractivity contribution is 5.89. The number of hydrogen-bond donors (Lipinski definition) is 2. The summed E-state index contributed by atoms with van der Waals surface area (Å²) in [4.78, 5) is 23.5. The van der Waals surface area contributed by atoms with Crippen LogP contribution < -0.4 is 11.1 Å². The van der Waals surface area contributed by atoms with Gasteiger partial charge in [-0.25, -0.2) is 0 Å². The van der Waals surface area contributed by atoms with Crippen LogP contribution in [0, 0.1) is 11.8 Å². The van der Waals surface area contributed by atoms with Gasteiger partial charge in [0.25, 0.3) is 0 Å². The van der Waals surface area contributed by atoms with Crippen molar-refractivity contribution in [1.29, 1.82) is 0 Å². The summed E-state index contributed by atoms with van der Waals surface area (Å²) in [6.45, 7) is 4.01. The summed E-state index contributed by atoms with van der Waals surface area (Å²) in [5, 5.41) is 2.80. The maximum absolute atomic E-state index is 12.2. The molecule has 108 valence electrons. The number of nitrogens with one attached hydrogen (secondary N) is 1. The van der Waals surface area contributed by atoms with Gasteiger partial charge >= 0.3 is 0 Å². The van der Waals surface area contributed by atoms with Crippen LogP contribution in [0.2, 0.25) is 0 Å². The maximum atomic E-state index is 12.2. The molecule has 20 heavy (non-hydrogen) atoms. The normalized spacial score (nSPS) is 22.4. The van der Waals surface area contributed by atoms with Gasteiger partial charge in [-0.1, -0.05) is 44.2 Å². The number of carbonyl (C=O) groups excluding carboxylic acids is 2. The monoisotopic (exact) mass is 274 g/mol. The second kappa shape index (κ2) is 6.07. The predicted octanol–water partition coefficient (Wildman–Crippen LogP) is 1.81. The molecule has 0 saturated heterocycles. The molecule has 1 aromatic rings. The van der Waals surface area contributed by atoms with Crippen LogP contribution in [0.4, 0.5) is 0 Å². The molecule has 0 aromatic heterocycles. The number of amides is 2. The van der Waals surface area contributed by atoms with Gasteiger partial charge in [-0.05, 0) is 30.2 Å². The first-order chi connectivity index (χ1) is 9.49. The van der Waals surface area contributed by atoms with Crippen molar-refractivity contribution in [2.75, 3.05) is 0 Å². The van der Waals surface area contributed by atoms with Gasteiger partial charge in [0.15, 0.2) is 0 Å². The van der Waals surface area contributed by atoms with Crippen molar-refractivity contribution in [3.63, 3.8) is 0 Å². The Labute approximate surface area is 119 Å². The molecule has 2 rings (SSSR count).